The molecule has 146 valence electrons. The van der Waals surface area contributed by atoms with Crippen LogP contribution in [-0.4, -0.2) is 10.4 Å². The lowest BCUT2D eigenvalue weighted by atomic mass is 10.0. The third kappa shape index (κ3) is 3.94. The predicted molar refractivity (Wildman–Crippen MR) is 114 cm³/mol. The maximum Gasteiger partial charge on any atom is 0.152 e. The molecule has 29 heavy (non-hydrogen) atoms. The van der Waals surface area contributed by atoms with Gasteiger partial charge >= 0.3 is 0 Å². The fraction of sp³-hybridized carbons (Fsp3) is 0.0909. The van der Waals surface area contributed by atoms with E-state index < -0.39 is 0 Å². The van der Waals surface area contributed by atoms with E-state index in [0.29, 0.717) is 10.6 Å². The van der Waals surface area contributed by atoms with Crippen molar-refractivity contribution in [2.75, 3.05) is 0 Å². The van der Waals surface area contributed by atoms with Crippen LogP contribution < -0.4 is 0 Å². The molecule has 2 N–H and O–H groups in total. The molecule has 0 aliphatic rings. The van der Waals surface area contributed by atoms with Gasteiger partial charge in [-0.05, 0) is 46.3 Å². The van der Waals surface area contributed by atoms with Crippen LogP contribution in [0.15, 0.2) is 81.9 Å². The zero-order valence-electron chi connectivity index (χ0n) is 15.6. The Balaban J connectivity index is 1.83. The summed E-state index contributed by atoms with van der Waals surface area (Å²) in [5, 5.41) is 35.5. The van der Waals surface area contributed by atoms with Gasteiger partial charge in [0.15, 0.2) is 5.75 Å². The third-order valence-corrected chi connectivity index (χ3v) is 5.32. The molecule has 6 nitrogen and oxygen atoms in total. The molecule has 0 amide bonds. The number of phenols is 1. The molecule has 0 radical (unpaired) electrons. The van der Waals surface area contributed by atoms with Crippen molar-refractivity contribution in [1.29, 1.82) is 0 Å². The zero-order chi connectivity index (χ0) is 20.2. The second-order valence-corrected chi connectivity index (χ2v) is 7.14. The molecule has 0 unspecified atom stereocenters. The van der Waals surface area contributed by atoms with Crippen molar-refractivity contribution in [3.05, 3.63) is 72.3 Å². The summed E-state index contributed by atoms with van der Waals surface area (Å²) in [5.74, 6) is 0.00790. The van der Waals surface area contributed by atoms with Crippen LogP contribution >= 0.6 is 12.0 Å². The number of aryl methyl sites for hydroxylation is 1. The third-order valence-electron chi connectivity index (χ3n) is 4.70. The Labute approximate surface area is 171 Å². The molecule has 0 fully saturated rings. The Hall–Kier alpha value is -2.97. The first kappa shape index (κ1) is 19.4. The minimum Gasteiger partial charge on any atom is -0.505 e. The van der Waals surface area contributed by atoms with Crippen molar-refractivity contribution in [2.45, 2.75) is 18.2 Å². The zero-order valence-corrected chi connectivity index (χ0v) is 16.4. The fourth-order valence-electron chi connectivity index (χ4n) is 3.33. The van der Waals surface area contributed by atoms with E-state index in [1.165, 1.54) is 0 Å². The Bertz CT molecular complexity index is 1210. The number of nitrogens with zero attached hydrogens (tertiary/aromatic N) is 2. The Kier molecular flexibility index (Phi) is 5.73. The number of benzene rings is 4. The van der Waals surface area contributed by atoms with E-state index in [4.69, 9.17) is 5.26 Å². The average molecular weight is 406 g/mol. The quantitative estimate of drug-likeness (QED) is 0.154. The molecular formula is C22H18N2O4S. The minimum atomic E-state index is 0.00790. The van der Waals surface area contributed by atoms with Crippen LogP contribution in [0.25, 0.3) is 21.5 Å². The molecule has 0 aliphatic heterocycles. The van der Waals surface area contributed by atoms with E-state index in [9.17, 15) is 5.11 Å². The number of aromatic hydroxyl groups is 1. The number of phenolic OH excluding ortho intramolecular Hbond substituents is 1. The summed E-state index contributed by atoms with van der Waals surface area (Å²) < 4.78 is 4.59. The molecular weight excluding hydrogens is 388 g/mol. The van der Waals surface area contributed by atoms with Crippen LogP contribution in [0.1, 0.15) is 12.5 Å². The van der Waals surface area contributed by atoms with Gasteiger partial charge in [-0.3, -0.25) is 0 Å². The molecule has 4 rings (SSSR count). The highest BCUT2D eigenvalue weighted by Crippen LogP contribution is 2.45. The molecule has 7 heteroatoms. The topological polar surface area (TPSA) is 83.6 Å². The van der Waals surface area contributed by atoms with Gasteiger partial charge in [0.1, 0.15) is 5.69 Å². The largest absolute Gasteiger partial charge is 0.505 e. The van der Waals surface area contributed by atoms with Gasteiger partial charge in [-0.1, -0.05) is 60.5 Å². The number of fused-ring (bicyclic) bond motifs is 2. The Morgan fingerprint density at radius 2 is 1.69 bits per heavy atom. The van der Waals surface area contributed by atoms with Crippen molar-refractivity contribution in [2.24, 2.45) is 10.2 Å². The van der Waals surface area contributed by atoms with E-state index in [-0.39, 0.29) is 11.4 Å². The molecule has 0 heterocycles. The molecule has 0 aliphatic carbocycles. The molecule has 4 aromatic carbocycles. The first-order valence-electron chi connectivity index (χ1n) is 9.04. The summed E-state index contributed by atoms with van der Waals surface area (Å²) in [6, 6.07) is 21.3. The van der Waals surface area contributed by atoms with Gasteiger partial charge in [0.25, 0.3) is 0 Å². The smallest absolute Gasteiger partial charge is 0.152 e. The Morgan fingerprint density at radius 3 is 2.48 bits per heavy atom. The van der Waals surface area contributed by atoms with Crippen molar-refractivity contribution in [3.63, 3.8) is 0 Å². The number of rotatable bonds is 6. The van der Waals surface area contributed by atoms with Crippen LogP contribution in [-0.2, 0) is 15.8 Å². The van der Waals surface area contributed by atoms with Gasteiger partial charge in [0.2, 0.25) is 0 Å². The van der Waals surface area contributed by atoms with Crippen molar-refractivity contribution in [1.82, 2.24) is 0 Å². The number of hydrogen-bond donors (Lipinski definition) is 2. The van der Waals surface area contributed by atoms with Gasteiger partial charge in [0.05, 0.1) is 22.6 Å². The number of hydrogen-bond acceptors (Lipinski definition) is 7. The van der Waals surface area contributed by atoms with E-state index in [2.05, 4.69) is 19.6 Å². The normalized spacial score (nSPS) is 11.7. The highest BCUT2D eigenvalue weighted by Gasteiger charge is 2.16. The first-order valence-corrected chi connectivity index (χ1v) is 9.78. The van der Waals surface area contributed by atoms with Crippen LogP contribution in [0.5, 0.6) is 5.75 Å². The second-order valence-electron chi connectivity index (χ2n) is 6.40. The molecule has 0 saturated heterocycles. The lowest BCUT2D eigenvalue weighted by Crippen LogP contribution is -1.87. The predicted octanol–water partition coefficient (Wildman–Crippen LogP) is 7.10. The second kappa shape index (κ2) is 8.59. The highest BCUT2D eigenvalue weighted by molar-refractivity contribution is 7.94. The average Bonchev–Trinajstić information content (AvgIpc) is 2.76. The molecule has 0 saturated carbocycles. The lowest BCUT2D eigenvalue weighted by Gasteiger charge is -2.11. The van der Waals surface area contributed by atoms with Crippen LogP contribution in [0.2, 0.25) is 0 Å². The van der Waals surface area contributed by atoms with Gasteiger partial charge in [0, 0.05) is 5.39 Å². The maximum atomic E-state index is 11.0. The first-order chi connectivity index (χ1) is 14.2. The minimum absolute atomic E-state index is 0.00790. The molecule has 4 aromatic rings. The summed E-state index contributed by atoms with van der Waals surface area (Å²) in [5.41, 5.74) is 1.90. The summed E-state index contributed by atoms with van der Waals surface area (Å²) in [6.07, 6.45) is 0.759. The van der Waals surface area contributed by atoms with Crippen LogP contribution in [0.4, 0.5) is 11.4 Å². The SMILES string of the molecule is CCc1cccc2cc(SOOO)c(N=Nc3ccc4ccccc4c3)c(O)c12. The van der Waals surface area contributed by atoms with Crippen LogP contribution in [0, 0.1) is 0 Å². The van der Waals surface area contributed by atoms with Crippen LogP contribution in [0.3, 0.4) is 0 Å². The summed E-state index contributed by atoms with van der Waals surface area (Å²) in [4.78, 5) is 0.460. The summed E-state index contributed by atoms with van der Waals surface area (Å²) in [6.45, 7) is 2.02. The standard InChI is InChI=1S/C22H18N2O4S/c1-2-14-8-5-9-17-13-19(29-28-27-26)21(22(25)20(14)17)24-23-18-11-10-15-6-3-4-7-16(15)12-18/h3-13,25-26H,2H2,1H3. The molecule has 0 spiro atoms. The van der Waals surface area contributed by atoms with Crippen molar-refractivity contribution < 1.29 is 19.7 Å². The van der Waals surface area contributed by atoms with Gasteiger partial charge < -0.3 is 5.11 Å². The molecule has 0 bridgehead atoms. The van der Waals surface area contributed by atoms with Gasteiger partial charge in [-0.15, -0.1) is 9.45 Å². The summed E-state index contributed by atoms with van der Waals surface area (Å²) >= 11 is 0.741. The molecule has 0 atom stereocenters. The van der Waals surface area contributed by atoms with Crippen molar-refractivity contribution in [3.8, 4) is 5.75 Å². The summed E-state index contributed by atoms with van der Waals surface area (Å²) in [7, 11) is 0. The van der Waals surface area contributed by atoms with E-state index >= 15 is 0 Å². The van der Waals surface area contributed by atoms with Gasteiger partial charge in [-0.25, -0.2) is 5.26 Å². The molecule has 0 aromatic heterocycles. The maximum absolute atomic E-state index is 11.0. The monoisotopic (exact) mass is 406 g/mol. The lowest BCUT2D eigenvalue weighted by molar-refractivity contribution is -0.432. The highest BCUT2D eigenvalue weighted by atomic mass is 32.2. The Morgan fingerprint density at radius 1 is 0.897 bits per heavy atom. The van der Waals surface area contributed by atoms with Crippen molar-refractivity contribution >= 4 is 45.0 Å². The van der Waals surface area contributed by atoms with E-state index in [0.717, 1.165) is 45.6 Å². The fourth-order valence-corrected chi connectivity index (χ4v) is 3.82. The number of azo groups is 1. The van der Waals surface area contributed by atoms with E-state index in [1.54, 1.807) is 0 Å². The van der Waals surface area contributed by atoms with E-state index in [1.807, 2.05) is 73.7 Å². The van der Waals surface area contributed by atoms with Gasteiger partial charge in [-0.2, -0.15) is 5.11 Å².